The minimum Gasteiger partial charge on any atom is -0.312 e. The monoisotopic (exact) mass is 375 g/mol. The smallest absolute Gasteiger partial charge is 0.149 e. The summed E-state index contributed by atoms with van der Waals surface area (Å²) >= 11 is 8.33. The van der Waals surface area contributed by atoms with Gasteiger partial charge in [0.2, 0.25) is 0 Å². The van der Waals surface area contributed by atoms with Gasteiger partial charge in [-0.3, -0.25) is 0 Å². The number of nitrogens with one attached hydrogen (secondary N) is 1. The Kier molecular flexibility index (Phi) is 4.79. The molecular weight excluding hydrogens is 366 g/mol. The highest BCUT2D eigenvalue weighted by Gasteiger charge is 2.19. The summed E-state index contributed by atoms with van der Waals surface area (Å²) in [7, 11) is -1.23. The van der Waals surface area contributed by atoms with Crippen molar-refractivity contribution in [1.82, 2.24) is 5.32 Å². The van der Waals surface area contributed by atoms with Crippen LogP contribution in [0.1, 0.15) is 11.6 Å². The maximum atomic E-state index is 11.2. The molecule has 86 valence electrons. The second-order valence-corrected chi connectivity index (χ2v) is 9.15. The lowest BCUT2D eigenvalue weighted by atomic mass is 10.2. The maximum absolute atomic E-state index is 11.2. The molecule has 1 atom stereocenters. The molecular formula is C8H11Br2NO2S2. The van der Waals surface area contributed by atoms with Gasteiger partial charge in [0, 0.05) is 12.3 Å². The third kappa shape index (κ3) is 4.14. The second-order valence-electron chi connectivity index (χ2n) is 3.21. The molecule has 0 aliphatic rings. The lowest BCUT2D eigenvalue weighted by molar-refractivity contribution is 0.579. The van der Waals surface area contributed by atoms with Crippen LogP contribution in [0.25, 0.3) is 0 Å². The van der Waals surface area contributed by atoms with Crippen molar-refractivity contribution >= 4 is 53.0 Å². The Hall–Kier alpha value is 0.570. The van der Waals surface area contributed by atoms with Gasteiger partial charge in [-0.1, -0.05) is 0 Å². The van der Waals surface area contributed by atoms with E-state index in [0.717, 1.165) is 13.1 Å². The van der Waals surface area contributed by atoms with E-state index in [2.05, 4.69) is 37.2 Å². The predicted octanol–water partition coefficient (Wildman–Crippen LogP) is 2.58. The van der Waals surface area contributed by atoms with Crippen molar-refractivity contribution in [2.24, 2.45) is 0 Å². The van der Waals surface area contributed by atoms with E-state index >= 15 is 0 Å². The summed E-state index contributed by atoms with van der Waals surface area (Å²) in [5.74, 6) is 0.102. The standard InChI is InChI=1S/C8H11Br2NO2S2/c1-11-6(4-15(2,12)13)5-3-7(9)14-8(5)10/h3,6,11H,4H2,1-2H3. The van der Waals surface area contributed by atoms with Crippen molar-refractivity contribution in [3.05, 3.63) is 19.2 Å². The highest BCUT2D eigenvalue weighted by Crippen LogP contribution is 2.35. The molecule has 0 aliphatic heterocycles. The number of thiophene rings is 1. The van der Waals surface area contributed by atoms with Crippen LogP contribution in [0.5, 0.6) is 0 Å². The summed E-state index contributed by atoms with van der Waals surface area (Å²) in [6.45, 7) is 0. The summed E-state index contributed by atoms with van der Waals surface area (Å²) in [5.41, 5.74) is 0.972. The van der Waals surface area contributed by atoms with Crippen LogP contribution in [0.15, 0.2) is 13.6 Å². The highest BCUT2D eigenvalue weighted by atomic mass is 79.9. The van der Waals surface area contributed by atoms with E-state index in [0.29, 0.717) is 0 Å². The molecule has 1 rings (SSSR count). The molecule has 0 saturated heterocycles. The average Bonchev–Trinajstić information content (AvgIpc) is 2.39. The Balaban J connectivity index is 2.98. The highest BCUT2D eigenvalue weighted by molar-refractivity contribution is 9.12. The fourth-order valence-electron chi connectivity index (χ4n) is 1.22. The first-order valence-corrected chi connectivity index (χ1v) is 8.59. The van der Waals surface area contributed by atoms with Crippen LogP contribution in [0.2, 0.25) is 0 Å². The minimum absolute atomic E-state index is 0.102. The van der Waals surface area contributed by atoms with Crippen molar-refractivity contribution < 1.29 is 8.42 Å². The van der Waals surface area contributed by atoms with Crippen molar-refractivity contribution in [3.63, 3.8) is 0 Å². The molecule has 0 fully saturated rings. The normalized spacial score (nSPS) is 14.1. The van der Waals surface area contributed by atoms with E-state index in [4.69, 9.17) is 0 Å². The number of sulfone groups is 1. The van der Waals surface area contributed by atoms with E-state index in [1.165, 1.54) is 17.6 Å². The molecule has 3 nitrogen and oxygen atoms in total. The molecule has 0 aliphatic carbocycles. The van der Waals surface area contributed by atoms with Crippen LogP contribution < -0.4 is 5.32 Å². The van der Waals surface area contributed by atoms with Crippen LogP contribution in [0.3, 0.4) is 0 Å². The zero-order valence-electron chi connectivity index (χ0n) is 8.25. The maximum Gasteiger partial charge on any atom is 0.149 e. The average molecular weight is 377 g/mol. The quantitative estimate of drug-likeness (QED) is 0.878. The minimum atomic E-state index is -2.99. The summed E-state index contributed by atoms with van der Waals surface area (Å²) in [4.78, 5) is 0. The van der Waals surface area contributed by atoms with Crippen molar-refractivity contribution in [3.8, 4) is 0 Å². The lowest BCUT2D eigenvalue weighted by Gasteiger charge is -2.14. The Bertz CT molecular complexity index is 441. The number of hydrogen-bond acceptors (Lipinski definition) is 4. The molecule has 1 unspecified atom stereocenters. The summed E-state index contributed by atoms with van der Waals surface area (Å²) < 4.78 is 24.4. The molecule has 0 bridgehead atoms. The zero-order valence-corrected chi connectivity index (χ0v) is 13.1. The topological polar surface area (TPSA) is 46.2 Å². The molecule has 1 N–H and O–H groups in total. The number of rotatable bonds is 4. The third-order valence-electron chi connectivity index (χ3n) is 1.88. The van der Waals surface area contributed by atoms with Crippen molar-refractivity contribution in [2.45, 2.75) is 6.04 Å². The SMILES string of the molecule is CNC(CS(C)(=O)=O)c1cc(Br)sc1Br. The van der Waals surface area contributed by atoms with E-state index in [9.17, 15) is 8.42 Å². The predicted molar refractivity (Wildman–Crippen MR) is 71.2 cm³/mol. The molecule has 0 amide bonds. The van der Waals surface area contributed by atoms with Crippen LogP contribution in [-0.2, 0) is 9.84 Å². The summed E-state index contributed by atoms with van der Waals surface area (Å²) in [5, 5.41) is 3.01. The largest absolute Gasteiger partial charge is 0.312 e. The van der Waals surface area contributed by atoms with Gasteiger partial charge in [-0.15, -0.1) is 11.3 Å². The van der Waals surface area contributed by atoms with Gasteiger partial charge in [0.1, 0.15) is 9.84 Å². The summed E-state index contributed by atoms with van der Waals surface area (Å²) in [6, 6.07) is 1.76. The van der Waals surface area contributed by atoms with Gasteiger partial charge in [0.25, 0.3) is 0 Å². The molecule has 0 radical (unpaired) electrons. The van der Waals surface area contributed by atoms with Gasteiger partial charge in [-0.2, -0.15) is 0 Å². The van der Waals surface area contributed by atoms with Gasteiger partial charge in [0.05, 0.1) is 13.3 Å². The molecule has 1 aromatic heterocycles. The van der Waals surface area contributed by atoms with Crippen LogP contribution in [0, 0.1) is 0 Å². The lowest BCUT2D eigenvalue weighted by Crippen LogP contribution is -2.24. The molecule has 0 spiro atoms. The Morgan fingerprint density at radius 1 is 1.53 bits per heavy atom. The molecule has 1 heterocycles. The van der Waals surface area contributed by atoms with Gasteiger partial charge in [-0.05, 0) is 50.5 Å². The molecule has 7 heteroatoms. The Labute approximate surface area is 110 Å². The van der Waals surface area contributed by atoms with Crippen molar-refractivity contribution in [2.75, 3.05) is 19.1 Å². The first kappa shape index (κ1) is 13.6. The molecule has 1 aromatic rings. The van der Waals surface area contributed by atoms with E-state index in [-0.39, 0.29) is 11.8 Å². The zero-order chi connectivity index (χ0) is 11.6. The number of halogens is 2. The van der Waals surface area contributed by atoms with E-state index in [1.807, 2.05) is 6.07 Å². The fraction of sp³-hybridized carbons (Fsp3) is 0.500. The van der Waals surface area contributed by atoms with Gasteiger partial charge < -0.3 is 5.32 Å². The molecule has 0 saturated carbocycles. The Morgan fingerprint density at radius 2 is 2.13 bits per heavy atom. The third-order valence-corrected chi connectivity index (χ3v) is 5.20. The van der Waals surface area contributed by atoms with Crippen molar-refractivity contribution in [1.29, 1.82) is 0 Å². The second kappa shape index (κ2) is 5.27. The first-order valence-electron chi connectivity index (χ1n) is 4.13. The number of hydrogen-bond donors (Lipinski definition) is 1. The van der Waals surface area contributed by atoms with Crippen LogP contribution in [-0.4, -0.2) is 27.5 Å². The fourth-order valence-corrected chi connectivity index (χ4v) is 5.15. The molecule has 15 heavy (non-hydrogen) atoms. The first-order chi connectivity index (χ1) is 6.83. The summed E-state index contributed by atoms with van der Waals surface area (Å²) in [6.07, 6.45) is 1.24. The van der Waals surface area contributed by atoms with Crippen LogP contribution >= 0.6 is 43.2 Å². The Morgan fingerprint density at radius 3 is 2.47 bits per heavy atom. The van der Waals surface area contributed by atoms with Crippen LogP contribution in [0.4, 0.5) is 0 Å². The molecule has 0 aromatic carbocycles. The van der Waals surface area contributed by atoms with E-state index in [1.54, 1.807) is 7.05 Å². The van der Waals surface area contributed by atoms with Gasteiger partial charge in [-0.25, -0.2) is 8.42 Å². The van der Waals surface area contributed by atoms with Gasteiger partial charge in [0.15, 0.2) is 0 Å². The van der Waals surface area contributed by atoms with E-state index < -0.39 is 9.84 Å². The van der Waals surface area contributed by atoms with Gasteiger partial charge >= 0.3 is 0 Å².